The Balaban J connectivity index is 1.34. The molecule has 0 aromatic heterocycles. The summed E-state index contributed by atoms with van der Waals surface area (Å²) < 4.78 is 5.30. The summed E-state index contributed by atoms with van der Waals surface area (Å²) in [4.78, 5) is 30.4. The van der Waals surface area contributed by atoms with Gasteiger partial charge in [0.25, 0.3) is 5.91 Å². The highest BCUT2D eigenvalue weighted by molar-refractivity contribution is 6.00. The minimum Gasteiger partial charge on any atom is -0.496 e. The monoisotopic (exact) mass is 478 g/mol. The third kappa shape index (κ3) is 5.61. The predicted molar refractivity (Wildman–Crippen MR) is 140 cm³/mol. The van der Waals surface area contributed by atoms with Gasteiger partial charge in [0.05, 0.1) is 7.11 Å². The topological polar surface area (TPSA) is 73.9 Å². The van der Waals surface area contributed by atoms with Crippen LogP contribution in [-0.2, 0) is 11.3 Å². The second-order valence-corrected chi connectivity index (χ2v) is 10.2. The highest BCUT2D eigenvalue weighted by atomic mass is 16.5. The van der Waals surface area contributed by atoms with E-state index in [9.17, 15) is 9.59 Å². The second kappa shape index (κ2) is 10.7. The fraction of sp³-hybridized carbons (Fsp3) is 0.500. The smallest absolute Gasteiger partial charge is 0.254 e. The third-order valence-corrected chi connectivity index (χ3v) is 7.35. The van der Waals surface area contributed by atoms with Crippen LogP contribution in [0.25, 0.3) is 0 Å². The van der Waals surface area contributed by atoms with E-state index in [4.69, 9.17) is 4.74 Å². The van der Waals surface area contributed by atoms with Gasteiger partial charge in [-0.15, -0.1) is 0 Å². The Morgan fingerprint density at radius 1 is 1.06 bits per heavy atom. The first-order chi connectivity index (χ1) is 16.8. The second-order valence-electron chi connectivity index (χ2n) is 10.2. The summed E-state index contributed by atoms with van der Waals surface area (Å²) in [6.07, 6.45) is 3.29. The number of fused-ring (bicyclic) bond motifs is 1. The minimum absolute atomic E-state index is 0.0250. The molecule has 7 heteroatoms. The lowest BCUT2D eigenvalue weighted by atomic mass is 9.84. The van der Waals surface area contributed by atoms with Crippen molar-refractivity contribution in [2.75, 3.05) is 44.9 Å². The van der Waals surface area contributed by atoms with Crippen molar-refractivity contribution in [1.29, 1.82) is 0 Å². The fourth-order valence-corrected chi connectivity index (χ4v) is 5.29. The molecule has 4 rings (SSSR count). The molecule has 0 bridgehead atoms. The van der Waals surface area contributed by atoms with E-state index in [-0.39, 0.29) is 23.8 Å². The minimum atomic E-state index is -0.0250. The third-order valence-electron chi connectivity index (χ3n) is 7.35. The summed E-state index contributed by atoms with van der Waals surface area (Å²) in [6.45, 7) is 6.51. The molecule has 7 nitrogen and oxygen atoms in total. The van der Waals surface area contributed by atoms with Crippen LogP contribution in [0.1, 0.15) is 52.7 Å². The SMILES string of the molecule is COc1ccc(NC(=O)C2CCC(N3Cc4c(C)cc(NCCN(C)C)cc4C3=O)CC2)cc1C. The number of nitrogens with zero attached hydrogens (tertiary/aromatic N) is 2. The molecule has 2 aromatic carbocycles. The number of ether oxygens (including phenoxy) is 1. The average molecular weight is 479 g/mol. The quantitative estimate of drug-likeness (QED) is 0.587. The van der Waals surface area contributed by atoms with E-state index in [1.807, 2.05) is 36.1 Å². The molecule has 0 radical (unpaired) electrons. The van der Waals surface area contributed by atoms with Gasteiger partial charge in [-0.05, 0) is 101 Å². The van der Waals surface area contributed by atoms with E-state index >= 15 is 0 Å². The van der Waals surface area contributed by atoms with Crippen molar-refractivity contribution in [1.82, 2.24) is 9.80 Å². The number of amides is 2. The van der Waals surface area contributed by atoms with Crippen molar-refractivity contribution in [2.45, 2.75) is 52.1 Å². The van der Waals surface area contributed by atoms with E-state index in [0.717, 1.165) is 78.2 Å². The lowest BCUT2D eigenvalue weighted by Gasteiger charge is -2.34. The van der Waals surface area contributed by atoms with Crippen LogP contribution in [0.15, 0.2) is 30.3 Å². The van der Waals surface area contributed by atoms with Crippen LogP contribution in [-0.4, -0.2) is 62.0 Å². The van der Waals surface area contributed by atoms with E-state index in [2.05, 4.69) is 42.6 Å². The zero-order valence-electron chi connectivity index (χ0n) is 21.6. The molecule has 2 N–H and O–H groups in total. The lowest BCUT2D eigenvalue weighted by molar-refractivity contribution is -0.121. The van der Waals surface area contributed by atoms with Crippen molar-refractivity contribution in [3.05, 3.63) is 52.6 Å². The number of anilines is 2. The summed E-state index contributed by atoms with van der Waals surface area (Å²) >= 11 is 0. The number of hydrogen-bond donors (Lipinski definition) is 2. The molecule has 1 fully saturated rings. The molecule has 1 aliphatic carbocycles. The van der Waals surface area contributed by atoms with Crippen molar-refractivity contribution < 1.29 is 14.3 Å². The number of methoxy groups -OCH3 is 1. The van der Waals surface area contributed by atoms with Crippen molar-refractivity contribution in [3.8, 4) is 5.75 Å². The Labute approximate surface area is 208 Å². The molecular formula is C28H38N4O3. The number of rotatable bonds is 8. The number of aryl methyl sites for hydroxylation is 2. The van der Waals surface area contributed by atoms with E-state index in [1.165, 1.54) is 0 Å². The molecule has 0 atom stereocenters. The Morgan fingerprint density at radius 3 is 2.43 bits per heavy atom. The average Bonchev–Trinajstić information content (AvgIpc) is 3.16. The Morgan fingerprint density at radius 2 is 1.77 bits per heavy atom. The Kier molecular flexibility index (Phi) is 7.65. The Hall–Kier alpha value is -3.06. The number of benzene rings is 2. The van der Waals surface area contributed by atoms with Crippen molar-refractivity contribution in [2.24, 2.45) is 5.92 Å². The molecule has 0 unspecified atom stereocenters. The molecule has 188 valence electrons. The number of nitrogens with one attached hydrogen (secondary N) is 2. The first-order valence-electron chi connectivity index (χ1n) is 12.6. The number of carbonyl (C=O) groups excluding carboxylic acids is 2. The summed E-state index contributed by atoms with van der Waals surface area (Å²) in [5, 5.41) is 6.51. The fourth-order valence-electron chi connectivity index (χ4n) is 5.29. The first-order valence-corrected chi connectivity index (χ1v) is 12.6. The molecule has 1 heterocycles. The van der Waals surface area contributed by atoms with Crippen LogP contribution in [0.5, 0.6) is 5.75 Å². The van der Waals surface area contributed by atoms with E-state index in [0.29, 0.717) is 6.54 Å². The number of carbonyl (C=O) groups is 2. The molecule has 0 saturated heterocycles. The summed E-state index contributed by atoms with van der Waals surface area (Å²) in [5.74, 6) is 0.976. The van der Waals surface area contributed by atoms with Gasteiger partial charge in [-0.25, -0.2) is 0 Å². The van der Waals surface area contributed by atoms with Crippen LogP contribution in [0, 0.1) is 19.8 Å². The summed E-state index contributed by atoms with van der Waals surface area (Å²) in [7, 11) is 5.75. The van der Waals surface area contributed by atoms with Crippen LogP contribution in [0.4, 0.5) is 11.4 Å². The van der Waals surface area contributed by atoms with Gasteiger partial charge in [-0.2, -0.15) is 0 Å². The maximum atomic E-state index is 13.3. The predicted octanol–water partition coefficient (Wildman–Crippen LogP) is 4.44. The Bertz CT molecular complexity index is 1090. The highest BCUT2D eigenvalue weighted by Crippen LogP contribution is 2.36. The van der Waals surface area contributed by atoms with Crippen LogP contribution >= 0.6 is 0 Å². The molecule has 35 heavy (non-hydrogen) atoms. The summed E-state index contributed by atoms with van der Waals surface area (Å²) in [5.41, 5.74) is 5.93. The lowest BCUT2D eigenvalue weighted by Crippen LogP contribution is -2.40. The van der Waals surface area contributed by atoms with Gasteiger partial charge in [0.2, 0.25) is 5.91 Å². The van der Waals surface area contributed by atoms with Gasteiger partial charge in [0, 0.05) is 48.5 Å². The van der Waals surface area contributed by atoms with Crippen molar-refractivity contribution >= 4 is 23.2 Å². The van der Waals surface area contributed by atoms with Gasteiger partial charge in [-0.1, -0.05) is 0 Å². The zero-order valence-corrected chi connectivity index (χ0v) is 21.6. The van der Waals surface area contributed by atoms with Crippen LogP contribution in [0.3, 0.4) is 0 Å². The van der Waals surface area contributed by atoms with E-state index in [1.54, 1.807) is 7.11 Å². The molecule has 1 saturated carbocycles. The largest absolute Gasteiger partial charge is 0.496 e. The molecule has 2 aliphatic rings. The van der Waals surface area contributed by atoms with Crippen molar-refractivity contribution in [3.63, 3.8) is 0 Å². The van der Waals surface area contributed by atoms with Crippen LogP contribution in [0.2, 0.25) is 0 Å². The summed E-state index contributed by atoms with van der Waals surface area (Å²) in [6, 6.07) is 10.0. The molecule has 0 spiro atoms. The molecule has 2 amide bonds. The standard InChI is InChI=1S/C28H38N4O3/c1-18-14-22(29-12-13-31(3)4)16-24-25(18)17-32(28(24)34)23-9-6-20(7-10-23)27(33)30-21-8-11-26(35-5)19(2)15-21/h8,11,14-16,20,23,29H,6-7,9-10,12-13,17H2,1-5H3,(H,30,33). The first kappa shape index (κ1) is 25.0. The molecule has 2 aromatic rings. The van der Waals surface area contributed by atoms with E-state index < -0.39 is 0 Å². The van der Waals surface area contributed by atoms with Gasteiger partial charge in [0.15, 0.2) is 0 Å². The van der Waals surface area contributed by atoms with Crippen LogP contribution < -0.4 is 15.4 Å². The number of hydrogen-bond acceptors (Lipinski definition) is 5. The number of likely N-dealkylation sites (N-methyl/N-ethyl adjacent to an activating group) is 1. The van der Waals surface area contributed by atoms with Gasteiger partial charge >= 0.3 is 0 Å². The van der Waals surface area contributed by atoms with Gasteiger partial charge < -0.3 is 25.2 Å². The zero-order chi connectivity index (χ0) is 25.1. The normalized spacial score (nSPS) is 19.6. The maximum absolute atomic E-state index is 13.3. The maximum Gasteiger partial charge on any atom is 0.254 e. The van der Waals surface area contributed by atoms with Gasteiger partial charge in [0.1, 0.15) is 5.75 Å². The molecular weight excluding hydrogens is 440 g/mol. The van der Waals surface area contributed by atoms with Gasteiger partial charge in [-0.3, -0.25) is 9.59 Å². The molecule has 1 aliphatic heterocycles. The highest BCUT2D eigenvalue weighted by Gasteiger charge is 2.37.